The number of nitrogens with one attached hydrogen (secondary N) is 2. The Hall–Kier alpha value is -4.74. The Morgan fingerprint density at radius 3 is 1.56 bits per heavy atom. The number of alkyl halides is 6. The molecule has 2 rings (SSSR count). The minimum absolute atomic E-state index is 0.0264. The van der Waals surface area contributed by atoms with Crippen LogP contribution in [0.4, 0.5) is 37.7 Å². The van der Waals surface area contributed by atoms with Crippen molar-refractivity contribution in [2.24, 2.45) is 0 Å². The van der Waals surface area contributed by atoms with E-state index in [1.807, 2.05) is 0 Å². The van der Waals surface area contributed by atoms with Crippen LogP contribution in [0.1, 0.15) is 25.0 Å². The maximum absolute atomic E-state index is 14.7. The molecule has 6 nitrogen and oxygen atoms in total. The van der Waals surface area contributed by atoms with Gasteiger partial charge >= 0.3 is 12.4 Å². The third-order valence-electron chi connectivity index (χ3n) is 5.90. The van der Waals surface area contributed by atoms with Gasteiger partial charge in [-0.3, -0.25) is 9.59 Å². The highest BCUT2D eigenvalue weighted by Gasteiger charge is 2.72. The molecular formula is C29H26F6N2O4. The Morgan fingerprint density at radius 2 is 1.22 bits per heavy atom. The molecule has 218 valence electrons. The summed E-state index contributed by atoms with van der Waals surface area (Å²) >= 11 is 0. The van der Waals surface area contributed by atoms with E-state index in [0.29, 0.717) is 36.4 Å². The van der Waals surface area contributed by atoms with E-state index in [1.165, 1.54) is 37.3 Å². The van der Waals surface area contributed by atoms with E-state index in [1.54, 1.807) is 6.92 Å². The highest BCUT2D eigenvalue weighted by atomic mass is 19.4. The standard InChI is InChI=1S/C29H26F6N2O4/c1-5-9-17(7-3)25(40)36-21-15-19(11-13-23(21)38)27(28(30,31)32,29(33,34)35)20-12-14-24(39)22(16-20)37-26(41)18(8-4)10-6-2/h5-16,38-39H,1,3H2,2,4H3,(H,36,40)(H,37,41)/b10-6-,17-9+,18-8+. The summed E-state index contributed by atoms with van der Waals surface area (Å²) in [7, 11) is 0. The molecule has 41 heavy (non-hydrogen) atoms. The second kappa shape index (κ2) is 12.6. The third-order valence-corrected chi connectivity index (χ3v) is 5.90. The van der Waals surface area contributed by atoms with Gasteiger partial charge in [-0.15, -0.1) is 0 Å². The number of rotatable bonds is 9. The van der Waals surface area contributed by atoms with Gasteiger partial charge in [-0.2, -0.15) is 26.3 Å². The van der Waals surface area contributed by atoms with Gasteiger partial charge in [-0.25, -0.2) is 0 Å². The first-order chi connectivity index (χ1) is 19.1. The molecule has 0 saturated carbocycles. The molecule has 0 saturated heterocycles. The quantitative estimate of drug-likeness (QED) is 0.109. The van der Waals surface area contributed by atoms with Crippen LogP contribution in [0.15, 0.2) is 97.2 Å². The summed E-state index contributed by atoms with van der Waals surface area (Å²) in [5, 5.41) is 24.6. The molecule has 0 aromatic heterocycles. The molecule has 0 unspecified atom stereocenters. The molecule has 2 aromatic carbocycles. The first-order valence-electron chi connectivity index (χ1n) is 11.8. The normalized spacial score (nSPS) is 13.2. The molecule has 0 bridgehead atoms. The average Bonchev–Trinajstić information content (AvgIpc) is 2.87. The summed E-state index contributed by atoms with van der Waals surface area (Å²) < 4.78 is 88.4. The highest BCUT2D eigenvalue weighted by molar-refractivity contribution is 6.07. The molecule has 0 radical (unpaired) electrons. The predicted molar refractivity (Wildman–Crippen MR) is 143 cm³/mol. The number of phenols is 2. The Kier molecular flexibility index (Phi) is 10.00. The minimum atomic E-state index is -6.05. The number of benzene rings is 2. The lowest BCUT2D eigenvalue weighted by atomic mass is 9.72. The number of anilines is 2. The minimum Gasteiger partial charge on any atom is -0.506 e. The molecule has 0 spiro atoms. The average molecular weight is 581 g/mol. The van der Waals surface area contributed by atoms with Crippen LogP contribution < -0.4 is 10.6 Å². The van der Waals surface area contributed by atoms with Crippen LogP contribution in [0.2, 0.25) is 0 Å². The molecule has 0 atom stereocenters. The molecule has 0 aliphatic carbocycles. The van der Waals surface area contributed by atoms with Gasteiger partial charge in [0, 0.05) is 11.1 Å². The number of aromatic hydroxyl groups is 2. The van der Waals surface area contributed by atoms with Gasteiger partial charge in [0.05, 0.1) is 11.4 Å². The second-order valence-electron chi connectivity index (χ2n) is 8.42. The molecule has 12 heteroatoms. The van der Waals surface area contributed by atoms with Crippen molar-refractivity contribution in [3.63, 3.8) is 0 Å². The first-order valence-corrected chi connectivity index (χ1v) is 11.8. The number of halogens is 6. The van der Waals surface area contributed by atoms with Crippen LogP contribution in [-0.4, -0.2) is 34.4 Å². The fourth-order valence-electron chi connectivity index (χ4n) is 3.96. The van der Waals surface area contributed by atoms with Crippen LogP contribution in [0.3, 0.4) is 0 Å². The van der Waals surface area contributed by atoms with Crippen LogP contribution in [0.5, 0.6) is 11.5 Å². The van der Waals surface area contributed by atoms with Crippen molar-refractivity contribution in [2.45, 2.75) is 31.6 Å². The van der Waals surface area contributed by atoms with E-state index in [0.717, 1.165) is 6.08 Å². The number of carbonyl (C=O) groups is 2. The fourth-order valence-corrected chi connectivity index (χ4v) is 3.96. The topological polar surface area (TPSA) is 98.7 Å². The van der Waals surface area contributed by atoms with Crippen molar-refractivity contribution in [1.29, 1.82) is 0 Å². The molecule has 0 aliphatic heterocycles. The maximum Gasteiger partial charge on any atom is 0.411 e. The molecule has 0 fully saturated rings. The van der Waals surface area contributed by atoms with Crippen LogP contribution >= 0.6 is 0 Å². The highest BCUT2D eigenvalue weighted by Crippen LogP contribution is 2.57. The van der Waals surface area contributed by atoms with E-state index >= 15 is 0 Å². The Balaban J connectivity index is 2.85. The zero-order chi connectivity index (χ0) is 31.2. The smallest absolute Gasteiger partial charge is 0.411 e. The fraction of sp³-hybridized carbons (Fsp3) is 0.172. The zero-order valence-electron chi connectivity index (χ0n) is 21.8. The van der Waals surface area contributed by atoms with Gasteiger partial charge in [0.1, 0.15) is 11.5 Å². The molecule has 4 N–H and O–H groups in total. The number of hydrogen-bond acceptors (Lipinski definition) is 4. The predicted octanol–water partition coefficient (Wildman–Crippen LogP) is 7.21. The van der Waals surface area contributed by atoms with E-state index in [-0.39, 0.29) is 11.1 Å². The molecular weight excluding hydrogens is 554 g/mol. The first kappa shape index (κ1) is 32.5. The number of phenolic OH excluding ortho intramolecular Hbond substituents is 2. The molecule has 0 heterocycles. The van der Waals surface area contributed by atoms with E-state index in [4.69, 9.17) is 0 Å². The van der Waals surface area contributed by atoms with Gasteiger partial charge in [0.15, 0.2) is 0 Å². The van der Waals surface area contributed by atoms with E-state index in [9.17, 15) is 46.1 Å². The lowest BCUT2D eigenvalue weighted by Gasteiger charge is -2.38. The van der Waals surface area contributed by atoms with E-state index < -0.39 is 63.6 Å². The second-order valence-corrected chi connectivity index (χ2v) is 8.42. The van der Waals surface area contributed by atoms with Crippen molar-refractivity contribution in [3.8, 4) is 11.5 Å². The van der Waals surface area contributed by atoms with Crippen molar-refractivity contribution >= 4 is 23.2 Å². The summed E-state index contributed by atoms with van der Waals surface area (Å²) in [4.78, 5) is 25.0. The van der Waals surface area contributed by atoms with Gasteiger partial charge in [0.25, 0.3) is 11.8 Å². The Labute approximate surface area is 231 Å². The number of amides is 2. The van der Waals surface area contributed by atoms with Gasteiger partial charge in [-0.05, 0) is 49.2 Å². The number of allylic oxidation sites excluding steroid dienone is 4. The van der Waals surface area contributed by atoms with Crippen LogP contribution in [0, 0.1) is 0 Å². The van der Waals surface area contributed by atoms with Gasteiger partial charge in [0.2, 0.25) is 5.41 Å². The number of hydrogen-bond donors (Lipinski definition) is 4. The summed E-state index contributed by atoms with van der Waals surface area (Å²) in [5.41, 5.74) is -9.13. The molecule has 0 aliphatic rings. The molecule has 2 aromatic rings. The zero-order valence-corrected chi connectivity index (χ0v) is 21.8. The summed E-state index contributed by atoms with van der Waals surface area (Å²) in [6.45, 7) is 9.85. The SMILES string of the molecule is C=C/C=C(\C=C)C(=O)Nc1cc(C(c2ccc(O)c(NC(=O)C(/C=C\C)=C/C)c2)(C(F)(F)F)C(F)(F)F)ccc1O. The van der Waals surface area contributed by atoms with Crippen molar-refractivity contribution in [3.05, 3.63) is 108 Å². The van der Waals surface area contributed by atoms with Gasteiger partial charge in [-0.1, -0.05) is 61.7 Å². The Bertz CT molecular complexity index is 1420. The summed E-state index contributed by atoms with van der Waals surface area (Å²) in [5.74, 6) is -3.50. The summed E-state index contributed by atoms with van der Waals surface area (Å²) in [6, 6.07) is 2.70. The van der Waals surface area contributed by atoms with Gasteiger partial charge < -0.3 is 20.8 Å². The number of carbonyl (C=O) groups excluding carboxylic acids is 2. The largest absolute Gasteiger partial charge is 0.506 e. The van der Waals surface area contributed by atoms with Crippen molar-refractivity contribution in [1.82, 2.24) is 0 Å². The molecule has 2 amide bonds. The van der Waals surface area contributed by atoms with Crippen molar-refractivity contribution in [2.75, 3.05) is 10.6 Å². The van der Waals surface area contributed by atoms with Crippen LogP contribution in [-0.2, 0) is 15.0 Å². The lowest BCUT2D eigenvalue weighted by Crippen LogP contribution is -2.54. The maximum atomic E-state index is 14.7. The van der Waals surface area contributed by atoms with Crippen LogP contribution in [0.25, 0.3) is 0 Å². The summed E-state index contributed by atoms with van der Waals surface area (Å²) in [6.07, 6.45) is -4.47. The lowest BCUT2D eigenvalue weighted by molar-refractivity contribution is -0.288. The Morgan fingerprint density at radius 1 is 0.780 bits per heavy atom. The van der Waals surface area contributed by atoms with E-state index in [2.05, 4.69) is 23.8 Å². The van der Waals surface area contributed by atoms with Crippen molar-refractivity contribution < 1.29 is 46.1 Å². The third kappa shape index (κ3) is 6.53. The monoisotopic (exact) mass is 580 g/mol.